The molecule has 0 aliphatic rings. The monoisotopic (exact) mass is 268 g/mol. The van der Waals surface area contributed by atoms with Crippen LogP contribution in [0.3, 0.4) is 0 Å². The van der Waals surface area contributed by atoms with Gasteiger partial charge in [0.05, 0.1) is 16.9 Å². The Morgan fingerprint density at radius 2 is 2.20 bits per heavy atom. The topological polar surface area (TPSA) is 56.0 Å². The fourth-order valence-electron chi connectivity index (χ4n) is 1.07. The molecule has 0 bridgehead atoms. The van der Waals surface area contributed by atoms with Crippen LogP contribution in [0.25, 0.3) is 0 Å². The van der Waals surface area contributed by atoms with Gasteiger partial charge in [-0.2, -0.15) is 5.26 Å². The van der Waals surface area contributed by atoms with Gasteiger partial charge in [0.2, 0.25) is 0 Å². The average molecular weight is 269 g/mol. The van der Waals surface area contributed by atoms with Gasteiger partial charge in [-0.3, -0.25) is 0 Å². The first-order valence-electron chi connectivity index (χ1n) is 4.58. The Kier molecular flexibility index (Phi) is 3.72. The number of hydrogen-bond donors (Lipinski definition) is 2. The standard InChI is InChI=1S/C11H13BrN2O/c1-11(2,15)7-14-10-5-9(12)4-3-8(10)6-13/h3-5,14-15H,7H2,1-2H3. The van der Waals surface area contributed by atoms with E-state index in [0.29, 0.717) is 12.1 Å². The van der Waals surface area contributed by atoms with E-state index in [1.165, 1.54) is 0 Å². The number of nitrogens with zero attached hydrogens (tertiary/aromatic N) is 1. The van der Waals surface area contributed by atoms with Crippen LogP contribution >= 0.6 is 15.9 Å². The zero-order chi connectivity index (χ0) is 11.5. The third-order valence-electron chi connectivity index (χ3n) is 1.81. The Hall–Kier alpha value is -1.05. The molecule has 0 radical (unpaired) electrons. The van der Waals surface area contributed by atoms with Crippen LogP contribution in [0.2, 0.25) is 0 Å². The molecule has 0 fully saturated rings. The van der Waals surface area contributed by atoms with Gasteiger partial charge in [0.15, 0.2) is 0 Å². The maximum Gasteiger partial charge on any atom is 0.101 e. The molecule has 0 atom stereocenters. The highest BCUT2D eigenvalue weighted by Gasteiger charge is 2.12. The van der Waals surface area contributed by atoms with E-state index >= 15 is 0 Å². The van der Waals surface area contributed by atoms with Crippen molar-refractivity contribution < 1.29 is 5.11 Å². The van der Waals surface area contributed by atoms with Crippen molar-refractivity contribution >= 4 is 21.6 Å². The molecule has 3 nitrogen and oxygen atoms in total. The number of hydrogen-bond acceptors (Lipinski definition) is 3. The van der Waals surface area contributed by atoms with Gasteiger partial charge in [-0.05, 0) is 32.0 Å². The van der Waals surface area contributed by atoms with Gasteiger partial charge in [0.1, 0.15) is 6.07 Å². The SMILES string of the molecule is CC(C)(O)CNc1cc(Br)ccc1C#N. The highest BCUT2D eigenvalue weighted by atomic mass is 79.9. The lowest BCUT2D eigenvalue weighted by Crippen LogP contribution is -2.29. The van der Waals surface area contributed by atoms with E-state index in [0.717, 1.165) is 10.2 Å². The van der Waals surface area contributed by atoms with Crippen molar-refractivity contribution in [2.75, 3.05) is 11.9 Å². The van der Waals surface area contributed by atoms with Crippen LogP contribution < -0.4 is 5.32 Å². The normalized spacial score (nSPS) is 10.9. The summed E-state index contributed by atoms with van der Waals surface area (Å²) in [6.45, 7) is 3.83. The number of aliphatic hydroxyl groups is 1. The molecule has 0 amide bonds. The van der Waals surface area contributed by atoms with Gasteiger partial charge in [-0.25, -0.2) is 0 Å². The lowest BCUT2D eigenvalue weighted by atomic mass is 10.1. The fraction of sp³-hybridized carbons (Fsp3) is 0.364. The molecule has 2 N–H and O–H groups in total. The third-order valence-corrected chi connectivity index (χ3v) is 2.31. The Balaban J connectivity index is 2.85. The number of nitriles is 1. The maximum absolute atomic E-state index is 9.55. The minimum atomic E-state index is -0.797. The first-order valence-corrected chi connectivity index (χ1v) is 5.37. The largest absolute Gasteiger partial charge is 0.389 e. The molecule has 15 heavy (non-hydrogen) atoms. The molecular weight excluding hydrogens is 256 g/mol. The zero-order valence-corrected chi connectivity index (χ0v) is 10.3. The lowest BCUT2D eigenvalue weighted by Gasteiger charge is -2.19. The average Bonchev–Trinajstić information content (AvgIpc) is 2.14. The highest BCUT2D eigenvalue weighted by molar-refractivity contribution is 9.10. The van der Waals surface area contributed by atoms with E-state index in [-0.39, 0.29) is 0 Å². The first-order chi connectivity index (χ1) is 6.92. The van der Waals surface area contributed by atoms with Gasteiger partial charge in [-0.1, -0.05) is 15.9 Å². The van der Waals surface area contributed by atoms with Crippen molar-refractivity contribution in [1.82, 2.24) is 0 Å². The highest BCUT2D eigenvalue weighted by Crippen LogP contribution is 2.21. The first kappa shape index (κ1) is 12.0. The molecule has 0 aromatic heterocycles. The maximum atomic E-state index is 9.55. The van der Waals surface area contributed by atoms with E-state index in [2.05, 4.69) is 27.3 Å². The molecule has 4 heteroatoms. The molecule has 80 valence electrons. The Bertz CT molecular complexity index is 391. The number of halogens is 1. The number of anilines is 1. The molecule has 0 unspecified atom stereocenters. The summed E-state index contributed by atoms with van der Waals surface area (Å²) in [6, 6.07) is 7.46. The van der Waals surface area contributed by atoms with Crippen LogP contribution in [-0.2, 0) is 0 Å². The molecule has 1 rings (SSSR count). The van der Waals surface area contributed by atoms with Crippen molar-refractivity contribution in [2.24, 2.45) is 0 Å². The van der Waals surface area contributed by atoms with Crippen LogP contribution in [0.1, 0.15) is 19.4 Å². The van der Waals surface area contributed by atoms with Gasteiger partial charge in [-0.15, -0.1) is 0 Å². The summed E-state index contributed by atoms with van der Waals surface area (Å²) >= 11 is 3.33. The minimum Gasteiger partial charge on any atom is -0.389 e. The van der Waals surface area contributed by atoms with Crippen molar-refractivity contribution in [3.63, 3.8) is 0 Å². The smallest absolute Gasteiger partial charge is 0.101 e. The summed E-state index contributed by atoms with van der Waals surface area (Å²) < 4.78 is 0.903. The van der Waals surface area contributed by atoms with E-state index in [1.807, 2.05) is 12.1 Å². The summed E-state index contributed by atoms with van der Waals surface area (Å²) in [5.41, 5.74) is 0.506. The molecular formula is C11H13BrN2O. The van der Waals surface area contributed by atoms with Crippen molar-refractivity contribution in [1.29, 1.82) is 5.26 Å². The predicted molar refractivity (Wildman–Crippen MR) is 63.6 cm³/mol. The molecule has 0 saturated carbocycles. The molecule has 0 aliphatic carbocycles. The number of benzene rings is 1. The second-order valence-electron chi connectivity index (χ2n) is 3.97. The molecule has 0 aliphatic heterocycles. The Morgan fingerprint density at radius 3 is 2.73 bits per heavy atom. The van der Waals surface area contributed by atoms with Crippen molar-refractivity contribution in [3.8, 4) is 6.07 Å². The second-order valence-corrected chi connectivity index (χ2v) is 4.88. The van der Waals surface area contributed by atoms with Crippen LogP contribution in [0.15, 0.2) is 22.7 Å². The quantitative estimate of drug-likeness (QED) is 0.886. The second kappa shape index (κ2) is 4.65. The number of nitrogens with one attached hydrogen (secondary N) is 1. The third kappa shape index (κ3) is 3.90. The Morgan fingerprint density at radius 1 is 1.53 bits per heavy atom. The lowest BCUT2D eigenvalue weighted by molar-refractivity contribution is 0.0945. The summed E-state index contributed by atoms with van der Waals surface area (Å²) in [4.78, 5) is 0. The molecule has 0 saturated heterocycles. The van der Waals surface area contributed by atoms with Gasteiger partial charge < -0.3 is 10.4 Å². The van der Waals surface area contributed by atoms with Crippen LogP contribution in [0.5, 0.6) is 0 Å². The van der Waals surface area contributed by atoms with Crippen molar-refractivity contribution in [3.05, 3.63) is 28.2 Å². The van der Waals surface area contributed by atoms with Crippen LogP contribution in [0, 0.1) is 11.3 Å². The van der Waals surface area contributed by atoms with Gasteiger partial charge >= 0.3 is 0 Å². The number of rotatable bonds is 3. The zero-order valence-electron chi connectivity index (χ0n) is 8.71. The summed E-state index contributed by atoms with van der Waals surface area (Å²) in [6.07, 6.45) is 0. The molecule has 0 spiro atoms. The van der Waals surface area contributed by atoms with Crippen molar-refractivity contribution in [2.45, 2.75) is 19.4 Å². The van der Waals surface area contributed by atoms with Crippen LogP contribution in [-0.4, -0.2) is 17.3 Å². The summed E-state index contributed by atoms with van der Waals surface area (Å²) in [5.74, 6) is 0. The van der Waals surface area contributed by atoms with E-state index in [9.17, 15) is 5.11 Å². The minimum absolute atomic E-state index is 0.401. The summed E-state index contributed by atoms with van der Waals surface area (Å²) in [5, 5.41) is 21.5. The van der Waals surface area contributed by atoms with Gasteiger partial charge in [0.25, 0.3) is 0 Å². The predicted octanol–water partition coefficient (Wildman–Crippen LogP) is 2.50. The molecule has 1 aromatic rings. The fourth-order valence-corrected chi connectivity index (χ4v) is 1.43. The molecule has 0 heterocycles. The summed E-state index contributed by atoms with van der Waals surface area (Å²) in [7, 11) is 0. The van der Waals surface area contributed by atoms with E-state index in [4.69, 9.17) is 5.26 Å². The van der Waals surface area contributed by atoms with E-state index in [1.54, 1.807) is 19.9 Å². The van der Waals surface area contributed by atoms with E-state index < -0.39 is 5.60 Å². The van der Waals surface area contributed by atoms with Gasteiger partial charge in [0, 0.05) is 11.0 Å². The van der Waals surface area contributed by atoms with Crippen LogP contribution in [0.4, 0.5) is 5.69 Å². The Labute approximate surface area is 97.9 Å². The molecule has 1 aromatic carbocycles.